The maximum Gasteiger partial charge on any atom is 0.122 e. The van der Waals surface area contributed by atoms with Crippen LogP contribution in [0, 0.1) is 0 Å². The summed E-state index contributed by atoms with van der Waals surface area (Å²) >= 11 is 0. The van der Waals surface area contributed by atoms with Crippen molar-refractivity contribution >= 4 is 0 Å². The predicted octanol–water partition coefficient (Wildman–Crippen LogP) is 1.98. The van der Waals surface area contributed by atoms with Gasteiger partial charge in [0.15, 0.2) is 0 Å². The van der Waals surface area contributed by atoms with E-state index in [9.17, 15) is 0 Å². The number of hydrogen-bond acceptors (Lipinski definition) is 3. The average molecular weight is 260 g/mol. The van der Waals surface area contributed by atoms with Crippen molar-refractivity contribution < 1.29 is 4.74 Å². The lowest BCUT2D eigenvalue weighted by Crippen LogP contribution is -2.44. The minimum Gasteiger partial charge on any atom is -0.493 e. The Hall–Kier alpha value is -1.06. The van der Waals surface area contributed by atoms with E-state index in [-0.39, 0.29) is 0 Å². The number of likely N-dealkylation sites (tertiary alicyclic amines) is 1. The monoisotopic (exact) mass is 260 g/mol. The van der Waals surface area contributed by atoms with Gasteiger partial charge >= 0.3 is 0 Å². The molecule has 0 aliphatic carbocycles. The lowest BCUT2D eigenvalue weighted by atomic mass is 10.0. The van der Waals surface area contributed by atoms with Crippen LogP contribution in [-0.4, -0.2) is 37.2 Å². The summed E-state index contributed by atoms with van der Waals surface area (Å²) in [7, 11) is 0. The van der Waals surface area contributed by atoms with E-state index in [1.165, 1.54) is 36.9 Å². The van der Waals surface area contributed by atoms with Gasteiger partial charge in [0.2, 0.25) is 0 Å². The Bertz CT molecular complexity index is 433. The van der Waals surface area contributed by atoms with Crippen LogP contribution in [0.2, 0.25) is 0 Å². The molecule has 3 heteroatoms. The number of rotatable bonds is 4. The van der Waals surface area contributed by atoms with Gasteiger partial charge in [-0.3, -0.25) is 4.90 Å². The molecule has 104 valence electrons. The summed E-state index contributed by atoms with van der Waals surface area (Å²) < 4.78 is 5.56. The Morgan fingerprint density at radius 2 is 2.26 bits per heavy atom. The SMILES string of the molecule is NCC1CCCCN1CCc1ccc2c(c1)CCO2. The maximum absolute atomic E-state index is 5.88. The zero-order chi connectivity index (χ0) is 13.1. The fraction of sp³-hybridized carbons (Fsp3) is 0.625. The Kier molecular flexibility index (Phi) is 4.04. The molecule has 1 unspecified atom stereocenters. The van der Waals surface area contributed by atoms with Crippen molar-refractivity contribution in [2.75, 3.05) is 26.2 Å². The quantitative estimate of drug-likeness (QED) is 0.899. The van der Waals surface area contributed by atoms with Crippen LogP contribution in [0.4, 0.5) is 0 Å². The van der Waals surface area contributed by atoms with Crippen molar-refractivity contribution in [1.82, 2.24) is 4.90 Å². The Labute approximate surface area is 115 Å². The molecule has 0 saturated carbocycles. The molecule has 3 nitrogen and oxygen atoms in total. The maximum atomic E-state index is 5.88. The molecular weight excluding hydrogens is 236 g/mol. The van der Waals surface area contributed by atoms with Crippen molar-refractivity contribution in [1.29, 1.82) is 0 Å². The van der Waals surface area contributed by atoms with Gasteiger partial charge in [0.1, 0.15) is 5.75 Å². The van der Waals surface area contributed by atoms with E-state index in [0.29, 0.717) is 6.04 Å². The standard InChI is InChI=1S/C16H24N2O/c17-12-15-3-1-2-8-18(15)9-6-13-4-5-16-14(11-13)7-10-19-16/h4-5,11,15H,1-3,6-10,12,17H2. The van der Waals surface area contributed by atoms with Crippen molar-refractivity contribution in [2.24, 2.45) is 5.73 Å². The molecule has 0 aromatic heterocycles. The fourth-order valence-electron chi connectivity index (χ4n) is 3.29. The van der Waals surface area contributed by atoms with E-state index < -0.39 is 0 Å². The van der Waals surface area contributed by atoms with Gasteiger partial charge in [-0.05, 0) is 43.0 Å². The summed E-state index contributed by atoms with van der Waals surface area (Å²) in [5, 5.41) is 0. The molecule has 0 spiro atoms. The van der Waals surface area contributed by atoms with E-state index >= 15 is 0 Å². The molecule has 0 amide bonds. The molecule has 1 aromatic carbocycles. The molecule has 2 aliphatic heterocycles. The Morgan fingerprint density at radius 1 is 1.32 bits per heavy atom. The molecule has 1 saturated heterocycles. The van der Waals surface area contributed by atoms with Gasteiger partial charge in [-0.1, -0.05) is 18.6 Å². The third-order valence-corrected chi connectivity index (χ3v) is 4.46. The van der Waals surface area contributed by atoms with Gasteiger partial charge in [0.25, 0.3) is 0 Å². The van der Waals surface area contributed by atoms with Gasteiger partial charge in [-0.25, -0.2) is 0 Å². The molecule has 19 heavy (non-hydrogen) atoms. The van der Waals surface area contributed by atoms with Gasteiger partial charge in [-0.2, -0.15) is 0 Å². The number of ether oxygens (including phenoxy) is 1. The zero-order valence-electron chi connectivity index (χ0n) is 11.6. The summed E-state index contributed by atoms with van der Waals surface area (Å²) in [4.78, 5) is 2.58. The fourth-order valence-corrected chi connectivity index (χ4v) is 3.29. The molecule has 3 rings (SSSR count). The highest BCUT2D eigenvalue weighted by Crippen LogP contribution is 2.26. The first kappa shape index (κ1) is 12.9. The second-order valence-electron chi connectivity index (χ2n) is 5.71. The highest BCUT2D eigenvalue weighted by Gasteiger charge is 2.20. The first-order valence-electron chi connectivity index (χ1n) is 7.55. The summed E-state index contributed by atoms with van der Waals surface area (Å²) in [6.07, 6.45) is 6.14. The van der Waals surface area contributed by atoms with Gasteiger partial charge < -0.3 is 10.5 Å². The van der Waals surface area contributed by atoms with Crippen LogP contribution in [0.5, 0.6) is 5.75 Å². The topological polar surface area (TPSA) is 38.5 Å². The van der Waals surface area contributed by atoms with Crippen molar-refractivity contribution in [2.45, 2.75) is 38.1 Å². The molecule has 2 heterocycles. The Balaban J connectivity index is 1.59. The van der Waals surface area contributed by atoms with Crippen molar-refractivity contribution in [3.8, 4) is 5.75 Å². The predicted molar refractivity (Wildman–Crippen MR) is 77.6 cm³/mol. The molecule has 1 aromatic rings. The molecule has 2 N–H and O–H groups in total. The summed E-state index contributed by atoms with van der Waals surface area (Å²) in [5.41, 5.74) is 8.69. The second kappa shape index (κ2) is 5.93. The largest absolute Gasteiger partial charge is 0.493 e. The van der Waals surface area contributed by atoms with E-state index in [1.54, 1.807) is 0 Å². The lowest BCUT2D eigenvalue weighted by molar-refractivity contribution is 0.155. The zero-order valence-corrected chi connectivity index (χ0v) is 11.6. The van der Waals surface area contributed by atoms with Gasteiger partial charge in [0, 0.05) is 25.6 Å². The summed E-state index contributed by atoms with van der Waals surface area (Å²) in [5.74, 6) is 1.08. The van der Waals surface area contributed by atoms with E-state index in [4.69, 9.17) is 10.5 Å². The number of nitrogens with two attached hydrogens (primary N) is 1. The third-order valence-electron chi connectivity index (χ3n) is 4.46. The highest BCUT2D eigenvalue weighted by molar-refractivity contribution is 5.39. The average Bonchev–Trinajstić information content (AvgIpc) is 2.93. The van der Waals surface area contributed by atoms with E-state index in [2.05, 4.69) is 23.1 Å². The molecule has 2 aliphatic rings. The Morgan fingerprint density at radius 3 is 3.16 bits per heavy atom. The molecular formula is C16H24N2O. The minimum absolute atomic E-state index is 0.603. The van der Waals surface area contributed by atoms with Gasteiger partial charge in [-0.15, -0.1) is 0 Å². The van der Waals surface area contributed by atoms with Crippen molar-refractivity contribution in [3.63, 3.8) is 0 Å². The van der Waals surface area contributed by atoms with Crippen LogP contribution in [0.25, 0.3) is 0 Å². The van der Waals surface area contributed by atoms with Crippen LogP contribution in [0.3, 0.4) is 0 Å². The van der Waals surface area contributed by atoms with E-state index in [0.717, 1.165) is 38.3 Å². The first-order chi connectivity index (χ1) is 9.36. The molecule has 1 atom stereocenters. The molecule has 0 radical (unpaired) electrons. The minimum atomic E-state index is 0.603. The number of nitrogens with zero attached hydrogens (tertiary/aromatic N) is 1. The first-order valence-corrected chi connectivity index (χ1v) is 7.55. The van der Waals surface area contributed by atoms with Crippen molar-refractivity contribution in [3.05, 3.63) is 29.3 Å². The third kappa shape index (κ3) is 2.93. The molecule has 0 bridgehead atoms. The number of hydrogen-bond donors (Lipinski definition) is 1. The smallest absolute Gasteiger partial charge is 0.122 e. The van der Waals surface area contributed by atoms with Crippen LogP contribution < -0.4 is 10.5 Å². The van der Waals surface area contributed by atoms with Crippen LogP contribution in [0.1, 0.15) is 30.4 Å². The number of fused-ring (bicyclic) bond motifs is 1. The number of benzene rings is 1. The lowest BCUT2D eigenvalue weighted by Gasteiger charge is -2.35. The van der Waals surface area contributed by atoms with Crippen LogP contribution >= 0.6 is 0 Å². The summed E-state index contributed by atoms with van der Waals surface area (Å²) in [6, 6.07) is 7.27. The normalized spacial score (nSPS) is 23.1. The second-order valence-corrected chi connectivity index (χ2v) is 5.71. The highest BCUT2D eigenvalue weighted by atomic mass is 16.5. The van der Waals surface area contributed by atoms with E-state index in [1.807, 2.05) is 0 Å². The van der Waals surface area contributed by atoms with Crippen LogP contribution in [0.15, 0.2) is 18.2 Å². The van der Waals surface area contributed by atoms with Gasteiger partial charge in [0.05, 0.1) is 6.61 Å². The number of piperidine rings is 1. The molecule has 1 fully saturated rings. The van der Waals surface area contributed by atoms with Crippen LogP contribution in [-0.2, 0) is 12.8 Å². The summed E-state index contributed by atoms with van der Waals surface area (Å²) in [6.45, 7) is 4.01.